The van der Waals surface area contributed by atoms with Crippen molar-refractivity contribution < 1.29 is 4.42 Å². The molecule has 6 nitrogen and oxygen atoms in total. The number of aromatic nitrogens is 2. The van der Waals surface area contributed by atoms with Crippen molar-refractivity contribution in [2.24, 2.45) is 0 Å². The van der Waals surface area contributed by atoms with Crippen LogP contribution in [-0.4, -0.2) is 9.97 Å². The van der Waals surface area contributed by atoms with Gasteiger partial charge in [-0.1, -0.05) is 23.9 Å². The number of nitrogens with two attached hydrogens (primary N) is 2. The summed E-state index contributed by atoms with van der Waals surface area (Å²) in [5.41, 5.74) is 14.5. The van der Waals surface area contributed by atoms with Gasteiger partial charge in [0.2, 0.25) is 0 Å². The Kier molecular flexibility index (Phi) is 3.96. The molecule has 118 valence electrons. The summed E-state index contributed by atoms with van der Waals surface area (Å²) in [6, 6.07) is 6.98. The number of rotatable bonds is 3. The molecule has 1 aromatic carbocycles. The molecule has 0 saturated heterocycles. The lowest BCUT2D eigenvalue weighted by molar-refractivity contribution is 0.557. The molecule has 3 aromatic rings. The Morgan fingerprint density at radius 2 is 1.83 bits per heavy atom. The van der Waals surface area contributed by atoms with E-state index in [4.69, 9.17) is 15.9 Å². The predicted octanol–water partition coefficient (Wildman–Crippen LogP) is 2.66. The van der Waals surface area contributed by atoms with Gasteiger partial charge in [0.25, 0.3) is 0 Å². The Morgan fingerprint density at radius 3 is 2.52 bits per heavy atom. The van der Waals surface area contributed by atoms with Gasteiger partial charge in [0, 0.05) is 23.3 Å². The maximum atomic E-state index is 11.8. The predicted molar refractivity (Wildman–Crippen MR) is 92.4 cm³/mol. The van der Waals surface area contributed by atoms with E-state index in [-0.39, 0.29) is 5.63 Å². The molecule has 0 atom stereocenters. The highest BCUT2D eigenvalue weighted by atomic mass is 32.2. The monoisotopic (exact) mass is 328 g/mol. The van der Waals surface area contributed by atoms with Gasteiger partial charge in [0.15, 0.2) is 5.16 Å². The lowest BCUT2D eigenvalue weighted by Gasteiger charge is -2.08. The highest BCUT2D eigenvalue weighted by Gasteiger charge is 2.11. The minimum atomic E-state index is -0.366. The molecule has 0 saturated carbocycles. The summed E-state index contributed by atoms with van der Waals surface area (Å²) in [6.45, 7) is 3.93. The van der Waals surface area contributed by atoms with Gasteiger partial charge in [-0.3, -0.25) is 0 Å². The quantitative estimate of drug-likeness (QED) is 0.432. The zero-order valence-electron chi connectivity index (χ0n) is 12.8. The number of nitrogen functional groups attached to an aromatic ring is 2. The molecule has 0 aliphatic carbocycles. The summed E-state index contributed by atoms with van der Waals surface area (Å²) in [5, 5.41) is 1.39. The Bertz CT molecular complexity index is 932. The number of thioether (sulfide) groups is 1. The second-order valence-corrected chi connectivity index (χ2v) is 6.21. The van der Waals surface area contributed by atoms with Crippen molar-refractivity contribution in [1.82, 2.24) is 9.97 Å². The van der Waals surface area contributed by atoms with E-state index < -0.39 is 0 Å². The molecule has 23 heavy (non-hydrogen) atoms. The summed E-state index contributed by atoms with van der Waals surface area (Å²) in [4.78, 5) is 20.1. The fourth-order valence-corrected chi connectivity index (χ4v) is 3.18. The molecule has 0 spiro atoms. The van der Waals surface area contributed by atoms with Crippen LogP contribution in [-0.2, 0) is 5.75 Å². The number of aryl methyl sites for hydroxylation is 2. The van der Waals surface area contributed by atoms with Crippen molar-refractivity contribution in [3.05, 3.63) is 51.4 Å². The average molecular weight is 328 g/mol. The van der Waals surface area contributed by atoms with Crippen molar-refractivity contribution in [2.75, 3.05) is 11.5 Å². The molecule has 3 rings (SSSR count). The first kappa shape index (κ1) is 15.4. The van der Waals surface area contributed by atoms with Crippen molar-refractivity contribution in [3.8, 4) is 0 Å². The third-order valence-electron chi connectivity index (χ3n) is 3.62. The standard InChI is InChI=1S/C16H16N4O2S/c1-8-3-4-11-10(5-14(21)22-15(11)9(8)2)7-23-16-19-12(17)6-13(18)20-16/h3-6H,7H2,1-2H3,(H4,17,18,19,20). The first-order chi connectivity index (χ1) is 10.9. The lowest BCUT2D eigenvalue weighted by atomic mass is 10.0. The smallest absolute Gasteiger partial charge is 0.336 e. The van der Waals surface area contributed by atoms with Gasteiger partial charge < -0.3 is 15.9 Å². The number of hydrogen-bond acceptors (Lipinski definition) is 7. The van der Waals surface area contributed by atoms with Crippen LogP contribution in [0.5, 0.6) is 0 Å². The van der Waals surface area contributed by atoms with E-state index in [1.54, 1.807) is 0 Å². The van der Waals surface area contributed by atoms with E-state index in [0.717, 1.165) is 22.1 Å². The fourth-order valence-electron chi connectivity index (χ4n) is 2.31. The van der Waals surface area contributed by atoms with E-state index in [1.165, 1.54) is 23.9 Å². The molecule has 4 N–H and O–H groups in total. The van der Waals surface area contributed by atoms with Crippen LogP contribution in [0, 0.1) is 13.8 Å². The maximum Gasteiger partial charge on any atom is 0.336 e. The van der Waals surface area contributed by atoms with Crippen LogP contribution in [0.15, 0.2) is 38.6 Å². The largest absolute Gasteiger partial charge is 0.422 e. The number of benzene rings is 1. The van der Waals surface area contributed by atoms with Crippen LogP contribution in [0.25, 0.3) is 11.0 Å². The third kappa shape index (κ3) is 3.14. The highest BCUT2D eigenvalue weighted by Crippen LogP contribution is 2.28. The molecular formula is C16H16N4O2S. The molecule has 0 fully saturated rings. The van der Waals surface area contributed by atoms with Crippen LogP contribution in [0.4, 0.5) is 11.6 Å². The van der Waals surface area contributed by atoms with E-state index in [0.29, 0.717) is 28.1 Å². The minimum Gasteiger partial charge on any atom is -0.422 e. The Labute approximate surface area is 136 Å². The molecule has 0 aliphatic heterocycles. The Morgan fingerprint density at radius 1 is 1.13 bits per heavy atom. The SMILES string of the molecule is Cc1ccc2c(CSc3nc(N)cc(N)n3)cc(=O)oc2c1C. The zero-order chi connectivity index (χ0) is 16.6. The summed E-state index contributed by atoms with van der Waals surface area (Å²) in [5.74, 6) is 1.17. The van der Waals surface area contributed by atoms with Gasteiger partial charge in [0.05, 0.1) is 0 Å². The molecule has 0 amide bonds. The molecule has 7 heteroatoms. The van der Waals surface area contributed by atoms with Crippen molar-refractivity contribution >= 4 is 34.4 Å². The van der Waals surface area contributed by atoms with E-state index in [2.05, 4.69) is 9.97 Å². The molecule has 0 radical (unpaired) electrons. The lowest BCUT2D eigenvalue weighted by Crippen LogP contribution is -2.02. The normalized spacial score (nSPS) is 11.0. The van der Waals surface area contributed by atoms with Gasteiger partial charge >= 0.3 is 5.63 Å². The van der Waals surface area contributed by atoms with Gasteiger partial charge in [0.1, 0.15) is 17.2 Å². The first-order valence-electron chi connectivity index (χ1n) is 7.00. The van der Waals surface area contributed by atoms with Gasteiger partial charge in [-0.05, 0) is 30.5 Å². The molecule has 2 heterocycles. The third-order valence-corrected chi connectivity index (χ3v) is 4.52. The summed E-state index contributed by atoms with van der Waals surface area (Å²) in [6.07, 6.45) is 0. The molecule has 0 unspecified atom stereocenters. The second-order valence-electron chi connectivity index (χ2n) is 5.26. The van der Waals surface area contributed by atoms with Crippen molar-refractivity contribution in [1.29, 1.82) is 0 Å². The van der Waals surface area contributed by atoms with E-state index >= 15 is 0 Å². The van der Waals surface area contributed by atoms with Gasteiger partial charge in [-0.15, -0.1) is 0 Å². The van der Waals surface area contributed by atoms with Gasteiger partial charge in [-0.2, -0.15) is 0 Å². The molecule has 2 aromatic heterocycles. The molecule has 0 aliphatic rings. The Balaban J connectivity index is 2.00. The first-order valence-corrected chi connectivity index (χ1v) is 7.98. The highest BCUT2D eigenvalue weighted by molar-refractivity contribution is 7.98. The zero-order valence-corrected chi connectivity index (χ0v) is 13.6. The summed E-state index contributed by atoms with van der Waals surface area (Å²) in [7, 11) is 0. The van der Waals surface area contributed by atoms with Crippen molar-refractivity contribution in [2.45, 2.75) is 24.8 Å². The average Bonchev–Trinajstić information content (AvgIpc) is 2.48. The van der Waals surface area contributed by atoms with Crippen LogP contribution in [0.2, 0.25) is 0 Å². The fraction of sp³-hybridized carbons (Fsp3) is 0.188. The minimum absolute atomic E-state index is 0.323. The van der Waals surface area contributed by atoms with Crippen LogP contribution < -0.4 is 17.1 Å². The number of nitrogens with zero attached hydrogens (tertiary/aromatic N) is 2. The summed E-state index contributed by atoms with van der Waals surface area (Å²) < 4.78 is 5.37. The van der Waals surface area contributed by atoms with Gasteiger partial charge in [-0.25, -0.2) is 14.8 Å². The molecule has 0 bridgehead atoms. The molecular weight excluding hydrogens is 312 g/mol. The second kappa shape index (κ2) is 5.92. The number of anilines is 2. The van der Waals surface area contributed by atoms with E-state index in [9.17, 15) is 4.79 Å². The Hall–Kier alpha value is -2.54. The topological polar surface area (TPSA) is 108 Å². The van der Waals surface area contributed by atoms with Crippen LogP contribution >= 0.6 is 11.8 Å². The maximum absolute atomic E-state index is 11.8. The van der Waals surface area contributed by atoms with Crippen molar-refractivity contribution in [3.63, 3.8) is 0 Å². The van der Waals surface area contributed by atoms with Crippen LogP contribution in [0.3, 0.4) is 0 Å². The van der Waals surface area contributed by atoms with E-state index in [1.807, 2.05) is 26.0 Å². The van der Waals surface area contributed by atoms with Crippen LogP contribution in [0.1, 0.15) is 16.7 Å². The number of fused-ring (bicyclic) bond motifs is 1. The summed E-state index contributed by atoms with van der Waals surface area (Å²) >= 11 is 1.37. The number of hydrogen-bond donors (Lipinski definition) is 2.